The van der Waals surface area contributed by atoms with Gasteiger partial charge in [-0.1, -0.05) is 13.8 Å². The molecule has 4 aliphatic carbocycles. The molecule has 1 heterocycles. The van der Waals surface area contributed by atoms with Crippen LogP contribution in [0.5, 0.6) is 0 Å². The highest BCUT2D eigenvalue weighted by Gasteiger charge is 2.55. The first-order valence-corrected chi connectivity index (χ1v) is 10.5. The summed E-state index contributed by atoms with van der Waals surface area (Å²) in [5.41, 5.74) is -0.0114. The molecule has 4 saturated carbocycles. The van der Waals surface area contributed by atoms with Gasteiger partial charge in [0.05, 0.1) is 5.41 Å². The second-order valence-electron chi connectivity index (χ2n) is 9.93. The van der Waals surface area contributed by atoms with E-state index >= 15 is 0 Å². The lowest BCUT2D eigenvalue weighted by atomic mass is 9.49. The molecule has 1 aliphatic heterocycles. The van der Waals surface area contributed by atoms with Crippen LogP contribution in [0.25, 0.3) is 0 Å². The molecule has 0 spiro atoms. The van der Waals surface area contributed by atoms with Crippen molar-refractivity contribution in [3.63, 3.8) is 0 Å². The van der Waals surface area contributed by atoms with Crippen molar-refractivity contribution in [1.82, 2.24) is 10.2 Å². The van der Waals surface area contributed by atoms with E-state index < -0.39 is 0 Å². The number of piperidine rings is 1. The summed E-state index contributed by atoms with van der Waals surface area (Å²) in [6.45, 7) is 5.80. The minimum atomic E-state index is -0.0114. The van der Waals surface area contributed by atoms with Gasteiger partial charge in [0.2, 0.25) is 11.8 Å². The summed E-state index contributed by atoms with van der Waals surface area (Å²) in [5, 5.41) is 3.17. The van der Waals surface area contributed by atoms with Crippen molar-refractivity contribution in [2.75, 3.05) is 13.1 Å². The number of hydrogen-bond acceptors (Lipinski definition) is 2. The Balaban J connectivity index is 1.32. The van der Waals surface area contributed by atoms with Crippen molar-refractivity contribution < 1.29 is 9.59 Å². The molecule has 1 saturated heterocycles. The Hall–Kier alpha value is -1.06. The summed E-state index contributed by atoms with van der Waals surface area (Å²) in [6.07, 6.45) is 10.1. The van der Waals surface area contributed by atoms with Crippen LogP contribution >= 0.6 is 0 Å². The van der Waals surface area contributed by atoms with Crippen LogP contribution in [0.3, 0.4) is 0 Å². The van der Waals surface area contributed by atoms with Crippen molar-refractivity contribution in [2.45, 2.75) is 77.7 Å². The molecule has 2 amide bonds. The molecule has 5 rings (SSSR count). The minimum absolute atomic E-state index is 0.0114. The van der Waals surface area contributed by atoms with Crippen molar-refractivity contribution in [3.05, 3.63) is 0 Å². The van der Waals surface area contributed by atoms with Gasteiger partial charge < -0.3 is 10.2 Å². The average molecular weight is 347 g/mol. The SMILES string of the molecule is CC(C)CC(=O)NC1CCN(C(=O)C23CC4CC(CC(C4)C2)C3)CC1. The lowest BCUT2D eigenvalue weighted by molar-refractivity contribution is -0.158. The van der Waals surface area contributed by atoms with Gasteiger partial charge in [0.25, 0.3) is 0 Å². The van der Waals surface area contributed by atoms with Gasteiger partial charge in [-0.3, -0.25) is 9.59 Å². The van der Waals surface area contributed by atoms with Crippen LogP contribution in [-0.2, 0) is 9.59 Å². The number of nitrogens with zero attached hydrogens (tertiary/aromatic N) is 1. The zero-order chi connectivity index (χ0) is 17.6. The predicted octanol–water partition coefficient (Wildman–Crippen LogP) is 3.36. The van der Waals surface area contributed by atoms with Crippen LogP contribution < -0.4 is 5.32 Å². The van der Waals surface area contributed by atoms with Gasteiger partial charge in [-0.2, -0.15) is 0 Å². The van der Waals surface area contributed by atoms with E-state index in [0.717, 1.165) is 62.9 Å². The van der Waals surface area contributed by atoms with Gasteiger partial charge in [0, 0.05) is 25.6 Å². The topological polar surface area (TPSA) is 49.4 Å². The quantitative estimate of drug-likeness (QED) is 0.848. The third-order valence-electron chi connectivity index (χ3n) is 7.23. The second kappa shape index (κ2) is 6.59. The molecular formula is C21H34N2O2. The highest BCUT2D eigenvalue weighted by molar-refractivity contribution is 5.83. The smallest absolute Gasteiger partial charge is 0.228 e. The van der Waals surface area contributed by atoms with E-state index in [1.54, 1.807) is 0 Å². The van der Waals surface area contributed by atoms with E-state index in [4.69, 9.17) is 0 Å². The van der Waals surface area contributed by atoms with Gasteiger partial charge in [-0.05, 0) is 75.0 Å². The first kappa shape index (κ1) is 17.4. The standard InChI is InChI=1S/C21H34N2O2/c1-14(2)7-19(24)22-18-3-5-23(6-4-18)20(25)21-11-15-8-16(12-21)10-17(9-15)13-21/h14-18H,3-13H2,1-2H3,(H,22,24). The summed E-state index contributed by atoms with van der Waals surface area (Å²) in [4.78, 5) is 27.5. The summed E-state index contributed by atoms with van der Waals surface area (Å²) < 4.78 is 0. The van der Waals surface area contributed by atoms with Crippen LogP contribution in [0, 0.1) is 29.1 Å². The van der Waals surface area contributed by atoms with Crippen LogP contribution in [0.15, 0.2) is 0 Å². The monoisotopic (exact) mass is 346 g/mol. The van der Waals surface area contributed by atoms with E-state index in [1.807, 2.05) is 0 Å². The number of carbonyl (C=O) groups is 2. The van der Waals surface area contributed by atoms with E-state index in [-0.39, 0.29) is 17.4 Å². The second-order valence-corrected chi connectivity index (χ2v) is 9.93. The summed E-state index contributed by atoms with van der Waals surface area (Å²) in [5.74, 6) is 3.49. The molecule has 0 radical (unpaired) electrons. The molecule has 0 aromatic rings. The van der Waals surface area contributed by atoms with Gasteiger partial charge >= 0.3 is 0 Å². The van der Waals surface area contributed by atoms with E-state index in [0.29, 0.717) is 18.2 Å². The van der Waals surface area contributed by atoms with Gasteiger partial charge in [-0.15, -0.1) is 0 Å². The third kappa shape index (κ3) is 3.46. The number of rotatable bonds is 4. The molecule has 0 aromatic heterocycles. The Kier molecular flexibility index (Phi) is 4.57. The van der Waals surface area contributed by atoms with Gasteiger partial charge in [-0.25, -0.2) is 0 Å². The maximum atomic E-state index is 13.4. The third-order valence-corrected chi connectivity index (χ3v) is 7.23. The Morgan fingerprint density at radius 3 is 2.00 bits per heavy atom. The lowest BCUT2D eigenvalue weighted by Crippen LogP contribution is -2.56. The van der Waals surface area contributed by atoms with Crippen LogP contribution in [0.4, 0.5) is 0 Å². The Morgan fingerprint density at radius 1 is 1.00 bits per heavy atom. The van der Waals surface area contributed by atoms with E-state index in [9.17, 15) is 9.59 Å². The van der Waals surface area contributed by atoms with Crippen LogP contribution in [0.1, 0.15) is 71.6 Å². The number of nitrogens with one attached hydrogen (secondary N) is 1. The molecule has 4 bridgehead atoms. The fourth-order valence-electron chi connectivity index (χ4n) is 6.59. The van der Waals surface area contributed by atoms with E-state index in [1.165, 1.54) is 19.3 Å². The molecule has 0 aromatic carbocycles. The Bertz CT molecular complexity index is 499. The molecule has 0 atom stereocenters. The first-order valence-electron chi connectivity index (χ1n) is 10.5. The highest BCUT2D eigenvalue weighted by atomic mass is 16.2. The Labute approximate surface area is 152 Å². The molecule has 4 heteroatoms. The molecule has 0 unspecified atom stereocenters. The molecular weight excluding hydrogens is 312 g/mol. The van der Waals surface area contributed by atoms with Gasteiger partial charge in [0.15, 0.2) is 0 Å². The molecule has 1 N–H and O–H groups in total. The average Bonchev–Trinajstić information content (AvgIpc) is 2.53. The summed E-state index contributed by atoms with van der Waals surface area (Å²) >= 11 is 0. The minimum Gasteiger partial charge on any atom is -0.353 e. The predicted molar refractivity (Wildman–Crippen MR) is 97.8 cm³/mol. The van der Waals surface area contributed by atoms with Crippen molar-refractivity contribution in [1.29, 1.82) is 0 Å². The maximum absolute atomic E-state index is 13.4. The normalized spacial score (nSPS) is 37.6. The zero-order valence-electron chi connectivity index (χ0n) is 15.9. The number of hydrogen-bond donors (Lipinski definition) is 1. The van der Waals surface area contributed by atoms with Crippen molar-refractivity contribution >= 4 is 11.8 Å². The van der Waals surface area contributed by atoms with Crippen LogP contribution in [-0.4, -0.2) is 35.8 Å². The Morgan fingerprint density at radius 2 is 1.52 bits per heavy atom. The number of amides is 2. The molecule has 140 valence electrons. The summed E-state index contributed by atoms with van der Waals surface area (Å²) in [6, 6.07) is 0.256. The van der Waals surface area contributed by atoms with Crippen molar-refractivity contribution in [3.8, 4) is 0 Å². The lowest BCUT2D eigenvalue weighted by Gasteiger charge is -2.57. The van der Waals surface area contributed by atoms with Gasteiger partial charge in [0.1, 0.15) is 0 Å². The maximum Gasteiger partial charge on any atom is 0.228 e. The van der Waals surface area contributed by atoms with Crippen molar-refractivity contribution in [2.24, 2.45) is 29.1 Å². The van der Waals surface area contributed by atoms with E-state index in [2.05, 4.69) is 24.1 Å². The molecule has 4 nitrogen and oxygen atoms in total. The summed E-state index contributed by atoms with van der Waals surface area (Å²) in [7, 11) is 0. The van der Waals surface area contributed by atoms with Crippen LogP contribution in [0.2, 0.25) is 0 Å². The molecule has 5 aliphatic rings. The number of carbonyl (C=O) groups excluding carboxylic acids is 2. The highest BCUT2D eigenvalue weighted by Crippen LogP contribution is 2.60. The molecule has 25 heavy (non-hydrogen) atoms. The first-order chi connectivity index (χ1) is 11.9. The largest absolute Gasteiger partial charge is 0.353 e. The fraction of sp³-hybridized carbons (Fsp3) is 0.905. The fourth-order valence-corrected chi connectivity index (χ4v) is 6.59. The number of likely N-dealkylation sites (tertiary alicyclic amines) is 1. The zero-order valence-corrected chi connectivity index (χ0v) is 15.9. The molecule has 5 fully saturated rings.